The molecule has 5 heteroatoms. The van der Waals surface area contributed by atoms with E-state index in [9.17, 15) is 4.79 Å². The van der Waals surface area contributed by atoms with Gasteiger partial charge in [-0.3, -0.25) is 4.79 Å². The van der Waals surface area contributed by atoms with E-state index in [-0.39, 0.29) is 12.3 Å². The van der Waals surface area contributed by atoms with Gasteiger partial charge in [0.1, 0.15) is 5.76 Å². The number of aryl methyl sites for hydroxylation is 2. The fraction of sp³-hybridized carbons (Fsp3) is 0.444. The Kier molecular flexibility index (Phi) is 6.35. The summed E-state index contributed by atoms with van der Waals surface area (Å²) in [6, 6.07) is 7.92. The SMILES string of the molecule is COCCCCNC(=O)Cc1nc(-c2ccccc2C)oc1C. The standard InChI is InChI=1S/C18H24N2O3/c1-13-8-4-5-9-15(13)18-20-16(14(2)23-18)12-17(21)19-10-6-7-11-22-3/h4-5,8-9H,6-7,10-12H2,1-3H3,(H,19,21). The zero-order valence-electron chi connectivity index (χ0n) is 14.0. The summed E-state index contributed by atoms with van der Waals surface area (Å²) in [5.41, 5.74) is 2.75. The van der Waals surface area contributed by atoms with Crippen molar-refractivity contribution in [3.8, 4) is 11.5 Å². The lowest BCUT2D eigenvalue weighted by atomic mass is 10.1. The van der Waals surface area contributed by atoms with Crippen molar-refractivity contribution in [3.05, 3.63) is 41.3 Å². The molecule has 0 bridgehead atoms. The van der Waals surface area contributed by atoms with Crippen LogP contribution in [0, 0.1) is 13.8 Å². The zero-order chi connectivity index (χ0) is 16.7. The lowest BCUT2D eigenvalue weighted by molar-refractivity contribution is -0.120. The number of rotatable bonds is 8. The second-order valence-corrected chi connectivity index (χ2v) is 5.56. The Bertz CT molecular complexity index is 649. The molecule has 0 fully saturated rings. The minimum atomic E-state index is -0.0323. The van der Waals surface area contributed by atoms with E-state index in [0.717, 1.165) is 30.6 Å². The fourth-order valence-electron chi connectivity index (χ4n) is 2.33. The maximum atomic E-state index is 12.0. The van der Waals surface area contributed by atoms with E-state index < -0.39 is 0 Å². The zero-order valence-corrected chi connectivity index (χ0v) is 14.0. The third-order valence-corrected chi connectivity index (χ3v) is 3.69. The minimum Gasteiger partial charge on any atom is -0.441 e. The molecule has 0 aliphatic carbocycles. The Morgan fingerprint density at radius 1 is 1.26 bits per heavy atom. The van der Waals surface area contributed by atoms with Crippen LogP contribution in [0.5, 0.6) is 0 Å². The average Bonchev–Trinajstić information content (AvgIpc) is 2.88. The molecule has 0 saturated carbocycles. The van der Waals surface area contributed by atoms with Gasteiger partial charge in [-0.2, -0.15) is 0 Å². The van der Waals surface area contributed by atoms with Gasteiger partial charge in [0.15, 0.2) is 0 Å². The van der Waals surface area contributed by atoms with Crippen molar-refractivity contribution in [2.24, 2.45) is 0 Å². The van der Waals surface area contributed by atoms with Crippen LogP contribution in [-0.2, 0) is 16.0 Å². The van der Waals surface area contributed by atoms with E-state index in [1.807, 2.05) is 38.1 Å². The molecule has 2 aromatic rings. The van der Waals surface area contributed by atoms with Gasteiger partial charge < -0.3 is 14.5 Å². The van der Waals surface area contributed by atoms with Crippen molar-refractivity contribution in [1.29, 1.82) is 0 Å². The van der Waals surface area contributed by atoms with Crippen molar-refractivity contribution in [2.75, 3.05) is 20.3 Å². The van der Waals surface area contributed by atoms with Crippen LogP contribution >= 0.6 is 0 Å². The topological polar surface area (TPSA) is 64.4 Å². The minimum absolute atomic E-state index is 0.0323. The molecule has 1 aromatic heterocycles. The summed E-state index contributed by atoms with van der Waals surface area (Å²) < 4.78 is 10.7. The molecular formula is C18H24N2O3. The number of methoxy groups -OCH3 is 1. The number of hydrogen-bond donors (Lipinski definition) is 1. The molecule has 1 amide bonds. The van der Waals surface area contributed by atoms with Gasteiger partial charge in [0.25, 0.3) is 0 Å². The van der Waals surface area contributed by atoms with E-state index in [1.54, 1.807) is 7.11 Å². The molecule has 0 aliphatic heterocycles. The molecular weight excluding hydrogens is 292 g/mol. The summed E-state index contributed by atoms with van der Waals surface area (Å²) in [4.78, 5) is 16.5. The molecule has 5 nitrogen and oxygen atoms in total. The van der Waals surface area contributed by atoms with Gasteiger partial charge in [0.2, 0.25) is 11.8 Å². The van der Waals surface area contributed by atoms with Crippen LogP contribution < -0.4 is 5.32 Å². The summed E-state index contributed by atoms with van der Waals surface area (Å²) in [5.74, 6) is 1.23. The molecule has 124 valence electrons. The highest BCUT2D eigenvalue weighted by atomic mass is 16.5. The number of carbonyl (C=O) groups is 1. The smallest absolute Gasteiger partial charge is 0.226 e. The highest BCUT2D eigenvalue weighted by Gasteiger charge is 2.15. The summed E-state index contributed by atoms with van der Waals surface area (Å²) in [6.45, 7) is 5.24. The first-order valence-electron chi connectivity index (χ1n) is 7.89. The van der Waals surface area contributed by atoms with Crippen molar-refractivity contribution < 1.29 is 13.9 Å². The second-order valence-electron chi connectivity index (χ2n) is 5.56. The second kappa shape index (κ2) is 8.48. The van der Waals surface area contributed by atoms with Crippen LogP contribution in [0.2, 0.25) is 0 Å². The first-order chi connectivity index (χ1) is 11.1. The van der Waals surface area contributed by atoms with E-state index in [4.69, 9.17) is 9.15 Å². The maximum Gasteiger partial charge on any atom is 0.226 e. The highest BCUT2D eigenvalue weighted by molar-refractivity contribution is 5.78. The van der Waals surface area contributed by atoms with E-state index in [1.165, 1.54) is 0 Å². The van der Waals surface area contributed by atoms with Gasteiger partial charge in [0, 0.05) is 25.8 Å². The molecule has 0 unspecified atom stereocenters. The lowest BCUT2D eigenvalue weighted by Crippen LogP contribution is -2.26. The predicted octanol–water partition coefficient (Wildman–Crippen LogP) is 3.04. The number of benzene rings is 1. The number of ether oxygens (including phenoxy) is 1. The fourth-order valence-corrected chi connectivity index (χ4v) is 2.33. The predicted molar refractivity (Wildman–Crippen MR) is 89.2 cm³/mol. The summed E-state index contributed by atoms with van der Waals surface area (Å²) in [5, 5.41) is 2.90. The molecule has 1 aromatic carbocycles. The van der Waals surface area contributed by atoms with Gasteiger partial charge >= 0.3 is 0 Å². The molecule has 0 radical (unpaired) electrons. The van der Waals surface area contributed by atoms with Gasteiger partial charge in [-0.25, -0.2) is 4.98 Å². The highest BCUT2D eigenvalue weighted by Crippen LogP contribution is 2.24. The molecule has 23 heavy (non-hydrogen) atoms. The van der Waals surface area contributed by atoms with Crippen LogP contribution in [0.1, 0.15) is 29.9 Å². The Morgan fingerprint density at radius 3 is 2.78 bits per heavy atom. The number of nitrogens with zero attached hydrogens (tertiary/aromatic N) is 1. The molecule has 1 N–H and O–H groups in total. The number of oxazole rings is 1. The van der Waals surface area contributed by atoms with E-state index in [2.05, 4.69) is 10.3 Å². The summed E-state index contributed by atoms with van der Waals surface area (Å²) in [6.07, 6.45) is 2.09. The number of hydrogen-bond acceptors (Lipinski definition) is 4. The normalized spacial score (nSPS) is 10.7. The quantitative estimate of drug-likeness (QED) is 0.760. The molecule has 0 spiro atoms. The third kappa shape index (κ3) is 4.93. The largest absolute Gasteiger partial charge is 0.441 e. The number of nitrogens with one attached hydrogen (secondary N) is 1. The first kappa shape index (κ1) is 17.2. The Hall–Kier alpha value is -2.14. The number of amides is 1. The number of carbonyl (C=O) groups excluding carboxylic acids is 1. The molecule has 0 aliphatic rings. The molecule has 0 atom stereocenters. The monoisotopic (exact) mass is 316 g/mol. The average molecular weight is 316 g/mol. The maximum absolute atomic E-state index is 12.0. The van der Waals surface area contributed by atoms with Crippen LogP contribution in [0.25, 0.3) is 11.5 Å². The third-order valence-electron chi connectivity index (χ3n) is 3.69. The van der Waals surface area contributed by atoms with Gasteiger partial charge in [0.05, 0.1) is 12.1 Å². The molecule has 0 saturated heterocycles. The number of aromatic nitrogens is 1. The van der Waals surface area contributed by atoms with Crippen molar-refractivity contribution in [1.82, 2.24) is 10.3 Å². The van der Waals surface area contributed by atoms with Crippen molar-refractivity contribution in [3.63, 3.8) is 0 Å². The first-order valence-corrected chi connectivity index (χ1v) is 7.89. The Labute approximate surface area is 137 Å². The Balaban J connectivity index is 1.94. The Morgan fingerprint density at radius 2 is 2.04 bits per heavy atom. The van der Waals surface area contributed by atoms with Crippen LogP contribution in [-0.4, -0.2) is 31.2 Å². The van der Waals surface area contributed by atoms with E-state index in [0.29, 0.717) is 23.9 Å². The van der Waals surface area contributed by atoms with Gasteiger partial charge in [-0.15, -0.1) is 0 Å². The summed E-state index contributed by atoms with van der Waals surface area (Å²) >= 11 is 0. The van der Waals surface area contributed by atoms with Crippen LogP contribution in [0.15, 0.2) is 28.7 Å². The van der Waals surface area contributed by atoms with Gasteiger partial charge in [-0.1, -0.05) is 18.2 Å². The van der Waals surface area contributed by atoms with Crippen molar-refractivity contribution >= 4 is 5.91 Å². The molecule has 1 heterocycles. The number of unbranched alkanes of at least 4 members (excludes halogenated alkanes) is 1. The van der Waals surface area contributed by atoms with Crippen LogP contribution in [0.3, 0.4) is 0 Å². The summed E-state index contributed by atoms with van der Waals surface area (Å²) in [7, 11) is 1.68. The van der Waals surface area contributed by atoms with Crippen LogP contribution in [0.4, 0.5) is 0 Å². The molecule has 2 rings (SSSR count). The van der Waals surface area contributed by atoms with Gasteiger partial charge in [-0.05, 0) is 38.3 Å². The lowest BCUT2D eigenvalue weighted by Gasteiger charge is -2.03. The van der Waals surface area contributed by atoms with E-state index >= 15 is 0 Å². The van der Waals surface area contributed by atoms with Crippen molar-refractivity contribution in [2.45, 2.75) is 33.1 Å².